The third-order valence-corrected chi connectivity index (χ3v) is 5.35. The molecule has 1 aromatic carbocycles. The molecule has 0 aliphatic heterocycles. The van der Waals surface area contributed by atoms with E-state index in [0.29, 0.717) is 16.2 Å². The van der Waals surface area contributed by atoms with Gasteiger partial charge in [-0.05, 0) is 42.5 Å². The average molecular weight is 387 g/mol. The van der Waals surface area contributed by atoms with Gasteiger partial charge in [0.15, 0.2) is 0 Å². The van der Waals surface area contributed by atoms with Crippen LogP contribution >= 0.6 is 11.3 Å². The summed E-state index contributed by atoms with van der Waals surface area (Å²) in [6.07, 6.45) is 0. The first-order valence-electron chi connectivity index (χ1n) is 8.64. The van der Waals surface area contributed by atoms with Gasteiger partial charge >= 0.3 is 5.97 Å². The molecule has 0 spiro atoms. The zero-order valence-corrected chi connectivity index (χ0v) is 16.8. The molecule has 144 valence electrons. The predicted molar refractivity (Wildman–Crippen MR) is 105 cm³/mol. The largest absolute Gasteiger partial charge is 0.872 e. The first-order valence-corrected chi connectivity index (χ1v) is 9.46. The number of carboxylic acid groups (broad SMARTS) is 1. The Hall–Kier alpha value is -2.67. The highest BCUT2D eigenvalue weighted by atomic mass is 32.1. The summed E-state index contributed by atoms with van der Waals surface area (Å²) >= 11 is 1.07. The highest BCUT2D eigenvalue weighted by Crippen LogP contribution is 2.31. The Morgan fingerprint density at radius 1 is 1.11 bits per heavy atom. The van der Waals surface area contributed by atoms with Crippen molar-refractivity contribution in [2.45, 2.75) is 46.5 Å². The third-order valence-electron chi connectivity index (χ3n) is 4.17. The number of carbonyl (C=O) groups is 2. The zero-order valence-electron chi connectivity index (χ0n) is 16.0. The van der Waals surface area contributed by atoms with E-state index in [4.69, 9.17) is 5.11 Å². The quantitative estimate of drug-likeness (QED) is 0.579. The maximum Gasteiger partial charge on any atom is 0.345 e. The average Bonchev–Trinajstić information content (AvgIpc) is 3.09. The molecule has 27 heavy (non-hydrogen) atoms. The van der Waals surface area contributed by atoms with Gasteiger partial charge in [0, 0.05) is 5.56 Å². The summed E-state index contributed by atoms with van der Waals surface area (Å²) in [5.74, 6) is -1.68. The van der Waals surface area contributed by atoms with Crippen molar-refractivity contribution < 1.29 is 19.8 Å². The van der Waals surface area contributed by atoms with E-state index >= 15 is 0 Å². The van der Waals surface area contributed by atoms with Crippen molar-refractivity contribution in [1.82, 2.24) is 5.43 Å². The molecular weight excluding hydrogens is 364 g/mol. The fraction of sp³-hybridized carbons (Fsp3) is 0.350. The number of benzene rings is 1. The Bertz CT molecular complexity index is 897. The number of nitrogens with zero attached hydrogens (tertiary/aromatic N) is 1. The predicted octanol–water partition coefficient (Wildman–Crippen LogP) is 3.92. The van der Waals surface area contributed by atoms with Crippen molar-refractivity contribution >= 4 is 28.9 Å². The van der Waals surface area contributed by atoms with Crippen molar-refractivity contribution in [3.8, 4) is 5.75 Å². The Morgan fingerprint density at radius 3 is 2.26 bits per heavy atom. The molecule has 0 saturated carbocycles. The topological polar surface area (TPSA) is 102 Å². The van der Waals surface area contributed by atoms with Crippen LogP contribution in [0, 0.1) is 0 Å². The lowest BCUT2D eigenvalue weighted by Gasteiger charge is -2.23. The van der Waals surface area contributed by atoms with Crippen LogP contribution in [0.3, 0.4) is 0 Å². The van der Waals surface area contributed by atoms with Gasteiger partial charge < -0.3 is 10.2 Å². The van der Waals surface area contributed by atoms with Crippen LogP contribution in [0.5, 0.6) is 5.75 Å². The number of hydrazone groups is 1. The number of hydrogen-bond acceptors (Lipinski definition) is 5. The number of carbonyl (C=O) groups excluding carboxylic acids is 1. The highest BCUT2D eigenvalue weighted by molar-refractivity contribution is 7.15. The van der Waals surface area contributed by atoms with E-state index in [1.54, 1.807) is 19.1 Å². The van der Waals surface area contributed by atoms with Gasteiger partial charge in [-0.15, -0.1) is 11.3 Å². The normalized spacial score (nSPS) is 11.9. The molecule has 2 N–H and O–H groups in total. The number of rotatable bonds is 6. The number of hydrogen-bond donors (Lipinski definition) is 2. The molecule has 1 heterocycles. The van der Waals surface area contributed by atoms with Gasteiger partial charge in [-0.1, -0.05) is 45.1 Å². The Kier molecular flexibility index (Phi) is 6.38. The van der Waals surface area contributed by atoms with Crippen molar-refractivity contribution in [3.05, 3.63) is 50.7 Å². The van der Waals surface area contributed by atoms with Crippen molar-refractivity contribution in [3.63, 3.8) is 0 Å². The van der Waals surface area contributed by atoms with E-state index in [1.165, 1.54) is 6.07 Å². The molecule has 6 nitrogen and oxygen atoms in total. The minimum atomic E-state index is -1.01. The standard InChI is InChI=1S/C20H24N2O4S/c1-10(2)13-8-14(11(3)4)18(23)15(9-13)19(24)22-21-12(5)16-6-7-17(27-16)20(25)26/h6-11,23H,1-5H3,(H,22,24)(H,25,26)/p-1/b21-12-. The molecule has 2 aromatic rings. The molecule has 0 unspecified atom stereocenters. The molecule has 0 radical (unpaired) electrons. The van der Waals surface area contributed by atoms with Gasteiger partial charge in [0.1, 0.15) is 4.88 Å². The van der Waals surface area contributed by atoms with Gasteiger partial charge in [0.05, 0.1) is 10.6 Å². The number of amides is 1. The highest BCUT2D eigenvalue weighted by Gasteiger charge is 2.15. The minimum Gasteiger partial charge on any atom is -0.872 e. The van der Waals surface area contributed by atoms with Crippen LogP contribution in [0.25, 0.3) is 0 Å². The second-order valence-electron chi connectivity index (χ2n) is 6.90. The monoisotopic (exact) mass is 387 g/mol. The summed E-state index contributed by atoms with van der Waals surface area (Å²) in [4.78, 5) is 24.3. The van der Waals surface area contributed by atoms with Gasteiger partial charge in [-0.3, -0.25) is 4.79 Å². The number of thiophene rings is 1. The van der Waals surface area contributed by atoms with Crippen molar-refractivity contribution in [2.75, 3.05) is 0 Å². The van der Waals surface area contributed by atoms with Crippen LogP contribution < -0.4 is 10.5 Å². The summed E-state index contributed by atoms with van der Waals surface area (Å²) in [5.41, 5.74) is 4.49. The summed E-state index contributed by atoms with van der Waals surface area (Å²) in [7, 11) is 0. The fourth-order valence-corrected chi connectivity index (χ4v) is 3.29. The number of nitrogens with one attached hydrogen (secondary N) is 1. The maximum absolute atomic E-state index is 12.6. The van der Waals surface area contributed by atoms with E-state index in [0.717, 1.165) is 16.9 Å². The van der Waals surface area contributed by atoms with Crippen LogP contribution in [0.15, 0.2) is 29.4 Å². The summed E-state index contributed by atoms with van der Waals surface area (Å²) < 4.78 is 0. The summed E-state index contributed by atoms with van der Waals surface area (Å²) in [6, 6.07) is 6.60. The van der Waals surface area contributed by atoms with Crippen LogP contribution in [0.1, 0.15) is 82.5 Å². The maximum atomic E-state index is 12.6. The molecular formula is C20H23N2O4S-. The van der Waals surface area contributed by atoms with Crippen molar-refractivity contribution in [2.24, 2.45) is 5.10 Å². The summed E-state index contributed by atoms with van der Waals surface area (Å²) in [5, 5.41) is 25.7. The van der Waals surface area contributed by atoms with Gasteiger partial charge in [0.2, 0.25) is 0 Å². The van der Waals surface area contributed by atoms with E-state index in [1.807, 2.05) is 33.8 Å². The third kappa shape index (κ3) is 4.74. The van der Waals surface area contributed by atoms with Crippen LogP contribution in [0.2, 0.25) is 0 Å². The van der Waals surface area contributed by atoms with Crippen LogP contribution in [0.4, 0.5) is 0 Å². The van der Waals surface area contributed by atoms with E-state index in [9.17, 15) is 14.7 Å². The van der Waals surface area contributed by atoms with Gasteiger partial charge in [-0.2, -0.15) is 5.10 Å². The SMILES string of the molecule is C/C(=N/NC(=O)c1cc(C(C)C)cc(C(C)C)c1[O-])c1ccc(C(=O)O)s1. The molecule has 1 aromatic heterocycles. The van der Waals surface area contributed by atoms with E-state index in [-0.39, 0.29) is 28.0 Å². The fourth-order valence-electron chi connectivity index (χ4n) is 2.50. The molecule has 7 heteroatoms. The molecule has 0 atom stereocenters. The lowest BCUT2D eigenvalue weighted by Crippen LogP contribution is -2.22. The minimum absolute atomic E-state index is 0.00791. The molecule has 0 aliphatic rings. The molecule has 0 aliphatic carbocycles. The smallest absolute Gasteiger partial charge is 0.345 e. The van der Waals surface area contributed by atoms with E-state index < -0.39 is 11.9 Å². The molecule has 0 fully saturated rings. The Balaban J connectivity index is 2.30. The van der Waals surface area contributed by atoms with Gasteiger partial charge in [0.25, 0.3) is 5.91 Å². The van der Waals surface area contributed by atoms with Crippen LogP contribution in [-0.4, -0.2) is 22.7 Å². The summed E-state index contributed by atoms with van der Waals surface area (Å²) in [6.45, 7) is 9.51. The molecule has 1 amide bonds. The Morgan fingerprint density at radius 2 is 1.74 bits per heavy atom. The van der Waals surface area contributed by atoms with Gasteiger partial charge in [-0.25, -0.2) is 10.2 Å². The second kappa shape index (κ2) is 8.35. The number of carboxylic acids is 1. The molecule has 0 bridgehead atoms. The van der Waals surface area contributed by atoms with E-state index in [2.05, 4.69) is 10.5 Å². The Labute approximate surface area is 162 Å². The zero-order chi connectivity index (χ0) is 20.3. The first kappa shape index (κ1) is 20.6. The molecule has 2 rings (SSSR count). The van der Waals surface area contributed by atoms with Crippen molar-refractivity contribution in [1.29, 1.82) is 0 Å². The first-order chi connectivity index (χ1) is 12.6. The lowest BCUT2D eigenvalue weighted by atomic mass is 9.92. The lowest BCUT2D eigenvalue weighted by molar-refractivity contribution is -0.270. The van der Waals surface area contributed by atoms with Crippen LogP contribution in [-0.2, 0) is 0 Å². The number of aromatic carboxylic acids is 1. The molecule has 0 saturated heterocycles. The second-order valence-corrected chi connectivity index (χ2v) is 7.99.